The first kappa shape index (κ1) is 21.9. The van der Waals surface area contributed by atoms with E-state index in [0.29, 0.717) is 29.1 Å². The number of hydrogen-bond donors (Lipinski definition) is 2. The van der Waals surface area contributed by atoms with Crippen LogP contribution in [-0.4, -0.2) is 30.1 Å². The maximum absolute atomic E-state index is 13.6. The second kappa shape index (κ2) is 8.31. The van der Waals surface area contributed by atoms with Crippen molar-refractivity contribution in [3.05, 3.63) is 59.8 Å². The van der Waals surface area contributed by atoms with Crippen molar-refractivity contribution in [3.8, 4) is 23.6 Å². The van der Waals surface area contributed by atoms with Gasteiger partial charge < -0.3 is 11.1 Å². The van der Waals surface area contributed by atoms with Crippen LogP contribution in [0.1, 0.15) is 28.5 Å². The Morgan fingerprint density at radius 2 is 2.09 bits per heavy atom. The molecule has 0 aliphatic carbocycles. The summed E-state index contributed by atoms with van der Waals surface area (Å²) in [6.45, 7) is 1.79. The Morgan fingerprint density at radius 3 is 2.76 bits per heavy atom. The summed E-state index contributed by atoms with van der Waals surface area (Å²) in [5, 5.41) is 6.71. The lowest BCUT2D eigenvalue weighted by Gasteiger charge is -2.11. The highest BCUT2D eigenvalue weighted by Crippen LogP contribution is 2.36. The summed E-state index contributed by atoms with van der Waals surface area (Å²) in [7, 11) is 0. The highest BCUT2D eigenvalue weighted by Gasteiger charge is 2.38. The van der Waals surface area contributed by atoms with Gasteiger partial charge in [0.2, 0.25) is 5.91 Å². The number of primary amides is 1. The highest BCUT2D eigenvalue weighted by atomic mass is 19.4. The molecular weight excluding hydrogens is 435 g/mol. The molecule has 0 saturated carbocycles. The number of benzene rings is 1. The predicted molar refractivity (Wildman–Crippen MR) is 116 cm³/mol. The van der Waals surface area contributed by atoms with Gasteiger partial charge in [-0.25, -0.2) is 9.97 Å². The van der Waals surface area contributed by atoms with Crippen molar-refractivity contribution in [2.24, 2.45) is 5.73 Å². The molecule has 0 aliphatic rings. The van der Waals surface area contributed by atoms with Gasteiger partial charge in [0.15, 0.2) is 17.2 Å². The number of nitrogens with two attached hydrogens (primary N) is 1. The molecule has 0 atom stereocenters. The number of terminal acetylenes is 1. The van der Waals surface area contributed by atoms with Gasteiger partial charge in [-0.2, -0.15) is 18.3 Å². The monoisotopic (exact) mass is 453 g/mol. The zero-order valence-corrected chi connectivity index (χ0v) is 17.4. The standard InChI is InChI=1S/C22H18F3N7O/c1-3-8-31-12-16(18(30-31)22(23,24)25)17-11-28-21-20(27-7-9-32(17)21)29-14-5-6-15(19(26)33)13(4-2)10-14/h1,5-7,9-12H,4,8H2,2H3,(H2,26,33)(H,27,29). The third-order valence-electron chi connectivity index (χ3n) is 5.00. The van der Waals surface area contributed by atoms with Crippen molar-refractivity contribution < 1.29 is 18.0 Å². The number of halogens is 3. The summed E-state index contributed by atoms with van der Waals surface area (Å²) in [4.78, 5) is 20.1. The van der Waals surface area contributed by atoms with Crippen LogP contribution in [0.15, 0.2) is 43.0 Å². The number of carbonyl (C=O) groups excluding carboxylic acids is 1. The van der Waals surface area contributed by atoms with Crippen molar-refractivity contribution in [2.45, 2.75) is 26.1 Å². The maximum Gasteiger partial charge on any atom is 0.435 e. The van der Waals surface area contributed by atoms with Gasteiger partial charge in [0.05, 0.1) is 17.5 Å². The number of nitrogens with one attached hydrogen (secondary N) is 1. The van der Waals surface area contributed by atoms with Gasteiger partial charge >= 0.3 is 6.18 Å². The molecule has 3 N–H and O–H groups in total. The van der Waals surface area contributed by atoms with Crippen LogP contribution in [0.25, 0.3) is 16.9 Å². The van der Waals surface area contributed by atoms with Crippen molar-refractivity contribution in [2.75, 3.05) is 5.32 Å². The van der Waals surface area contributed by atoms with Gasteiger partial charge in [-0.1, -0.05) is 12.8 Å². The van der Waals surface area contributed by atoms with Gasteiger partial charge in [-0.15, -0.1) is 6.42 Å². The minimum atomic E-state index is -4.67. The van der Waals surface area contributed by atoms with E-state index in [1.165, 1.54) is 29.2 Å². The Morgan fingerprint density at radius 1 is 1.30 bits per heavy atom. The van der Waals surface area contributed by atoms with E-state index in [9.17, 15) is 18.0 Å². The Balaban J connectivity index is 1.78. The van der Waals surface area contributed by atoms with Crippen molar-refractivity contribution in [1.29, 1.82) is 0 Å². The first-order valence-corrected chi connectivity index (χ1v) is 9.83. The molecule has 0 fully saturated rings. The second-order valence-electron chi connectivity index (χ2n) is 7.12. The molecule has 4 rings (SSSR count). The summed E-state index contributed by atoms with van der Waals surface area (Å²) in [5.41, 5.74) is 6.48. The molecule has 3 aromatic heterocycles. The third kappa shape index (κ3) is 4.10. The van der Waals surface area contributed by atoms with E-state index in [0.717, 1.165) is 10.2 Å². The van der Waals surface area contributed by atoms with E-state index >= 15 is 0 Å². The lowest BCUT2D eigenvalue weighted by Crippen LogP contribution is -2.13. The van der Waals surface area contributed by atoms with E-state index in [1.54, 1.807) is 18.2 Å². The number of amides is 1. The van der Waals surface area contributed by atoms with Gasteiger partial charge in [-0.05, 0) is 30.2 Å². The lowest BCUT2D eigenvalue weighted by molar-refractivity contribution is -0.141. The number of alkyl halides is 3. The quantitative estimate of drug-likeness (QED) is 0.434. The molecule has 0 aliphatic heterocycles. The molecule has 0 radical (unpaired) electrons. The summed E-state index contributed by atoms with van der Waals surface area (Å²) >= 11 is 0. The molecule has 0 unspecified atom stereocenters. The Hall–Kier alpha value is -4.33. The second-order valence-corrected chi connectivity index (χ2v) is 7.12. The molecule has 0 spiro atoms. The lowest BCUT2D eigenvalue weighted by atomic mass is 10.0. The van der Waals surface area contributed by atoms with Crippen LogP contribution < -0.4 is 11.1 Å². The fraction of sp³-hybridized carbons (Fsp3) is 0.182. The third-order valence-corrected chi connectivity index (χ3v) is 5.00. The molecule has 8 nitrogen and oxygen atoms in total. The molecular formula is C22H18F3N7O. The van der Waals surface area contributed by atoms with Crippen LogP contribution in [0.5, 0.6) is 0 Å². The Kier molecular flexibility index (Phi) is 5.51. The zero-order chi connectivity index (χ0) is 23.8. The number of fused-ring (bicyclic) bond motifs is 1. The number of aromatic nitrogens is 5. The first-order valence-electron chi connectivity index (χ1n) is 9.83. The minimum Gasteiger partial charge on any atom is -0.366 e. The van der Waals surface area contributed by atoms with Crippen LogP contribution in [0, 0.1) is 12.3 Å². The van der Waals surface area contributed by atoms with Crippen LogP contribution in [0.4, 0.5) is 24.7 Å². The SMILES string of the molecule is C#CCn1cc(-c2cnc3c(Nc4ccc(C(N)=O)c(CC)c4)nccn23)c(C(F)(F)F)n1. The summed E-state index contributed by atoms with van der Waals surface area (Å²) in [6.07, 6.45) is 6.65. The molecule has 3 heterocycles. The van der Waals surface area contributed by atoms with E-state index in [1.807, 2.05) is 6.92 Å². The smallest absolute Gasteiger partial charge is 0.366 e. The first-order chi connectivity index (χ1) is 15.7. The number of rotatable bonds is 6. The molecule has 0 bridgehead atoms. The Labute approximate surface area is 186 Å². The van der Waals surface area contributed by atoms with E-state index in [-0.39, 0.29) is 17.8 Å². The van der Waals surface area contributed by atoms with Gasteiger partial charge in [0.25, 0.3) is 0 Å². The van der Waals surface area contributed by atoms with Gasteiger partial charge in [0.1, 0.15) is 6.54 Å². The Bertz CT molecular complexity index is 1400. The number of hydrogen-bond acceptors (Lipinski definition) is 5. The highest BCUT2D eigenvalue weighted by molar-refractivity contribution is 5.95. The maximum atomic E-state index is 13.6. The van der Waals surface area contributed by atoms with Crippen LogP contribution in [-0.2, 0) is 19.1 Å². The fourth-order valence-electron chi connectivity index (χ4n) is 3.54. The summed E-state index contributed by atoms with van der Waals surface area (Å²) in [6, 6.07) is 5.04. The normalized spacial score (nSPS) is 11.5. The van der Waals surface area contributed by atoms with Crippen molar-refractivity contribution in [1.82, 2.24) is 24.1 Å². The molecule has 4 aromatic rings. The van der Waals surface area contributed by atoms with Crippen LogP contribution >= 0.6 is 0 Å². The topological polar surface area (TPSA) is 103 Å². The molecule has 11 heteroatoms. The molecule has 0 saturated heterocycles. The number of carbonyl (C=O) groups is 1. The number of aryl methyl sites for hydroxylation is 1. The van der Waals surface area contributed by atoms with Crippen LogP contribution in [0.2, 0.25) is 0 Å². The van der Waals surface area contributed by atoms with E-state index in [4.69, 9.17) is 12.2 Å². The number of anilines is 2. The van der Waals surface area contributed by atoms with Crippen LogP contribution in [0.3, 0.4) is 0 Å². The minimum absolute atomic E-state index is 0.102. The summed E-state index contributed by atoms with van der Waals surface area (Å²) < 4.78 is 43.4. The average Bonchev–Trinajstić information content (AvgIpc) is 3.38. The summed E-state index contributed by atoms with van der Waals surface area (Å²) in [5.74, 6) is 2.07. The number of nitrogens with zero attached hydrogens (tertiary/aromatic N) is 5. The molecule has 1 amide bonds. The predicted octanol–water partition coefficient (Wildman–Crippen LogP) is 3.65. The van der Waals surface area contributed by atoms with Gasteiger partial charge in [-0.3, -0.25) is 13.9 Å². The van der Waals surface area contributed by atoms with Crippen molar-refractivity contribution >= 4 is 23.1 Å². The van der Waals surface area contributed by atoms with E-state index < -0.39 is 17.8 Å². The van der Waals surface area contributed by atoms with Crippen molar-refractivity contribution in [3.63, 3.8) is 0 Å². The fourth-order valence-corrected chi connectivity index (χ4v) is 3.54. The van der Waals surface area contributed by atoms with Gasteiger partial charge in [0, 0.05) is 29.8 Å². The number of imidazole rings is 1. The molecule has 33 heavy (non-hydrogen) atoms. The van der Waals surface area contributed by atoms with E-state index in [2.05, 4.69) is 26.3 Å². The average molecular weight is 453 g/mol. The molecule has 1 aromatic carbocycles. The largest absolute Gasteiger partial charge is 0.435 e. The zero-order valence-electron chi connectivity index (χ0n) is 17.4. The molecule has 168 valence electrons.